The van der Waals surface area contributed by atoms with Crippen LogP contribution < -0.4 is 10.1 Å². The lowest BCUT2D eigenvalue weighted by Crippen LogP contribution is -2.17. The Labute approximate surface area is 197 Å². The first-order valence-electron chi connectivity index (χ1n) is 9.96. The molecule has 0 aliphatic heterocycles. The number of nitrogens with one attached hydrogen (secondary N) is 1. The summed E-state index contributed by atoms with van der Waals surface area (Å²) < 4.78 is 35.3. The van der Waals surface area contributed by atoms with Crippen molar-refractivity contribution in [2.24, 2.45) is 5.92 Å². The van der Waals surface area contributed by atoms with Crippen LogP contribution in [0, 0.1) is 17.6 Å². The fourth-order valence-electron chi connectivity index (χ4n) is 2.93. The Morgan fingerprint density at radius 3 is 2.62 bits per heavy atom. The second kappa shape index (κ2) is 10.9. The van der Waals surface area contributed by atoms with E-state index < -0.39 is 17.7 Å². The summed E-state index contributed by atoms with van der Waals surface area (Å²) in [6, 6.07) is 10.2. The van der Waals surface area contributed by atoms with Gasteiger partial charge in [0, 0.05) is 11.0 Å². The van der Waals surface area contributed by atoms with Gasteiger partial charge in [-0.2, -0.15) is 0 Å². The second-order valence-electron chi connectivity index (χ2n) is 7.50. The van der Waals surface area contributed by atoms with Gasteiger partial charge < -0.3 is 14.6 Å². The lowest BCUT2D eigenvalue weighted by atomic mass is 10.2. The van der Waals surface area contributed by atoms with Crippen LogP contribution in [0.1, 0.15) is 32.7 Å². The molecule has 0 fully saturated rings. The molecule has 3 aromatic rings. The molecule has 1 atom stereocenters. The van der Waals surface area contributed by atoms with Crippen molar-refractivity contribution in [3.8, 4) is 5.75 Å². The summed E-state index contributed by atoms with van der Waals surface area (Å²) in [5.74, 6) is -0.0587. The van der Waals surface area contributed by atoms with E-state index in [9.17, 15) is 13.6 Å². The minimum absolute atomic E-state index is 0.0859. The van der Waals surface area contributed by atoms with E-state index in [-0.39, 0.29) is 23.3 Å². The molecule has 10 heteroatoms. The number of anilines is 1. The third-order valence-electron chi connectivity index (χ3n) is 4.33. The molecule has 0 spiro atoms. The number of aromatic nitrogens is 3. The van der Waals surface area contributed by atoms with Crippen molar-refractivity contribution in [3.05, 3.63) is 64.4 Å². The number of thioether (sulfide) groups is 1. The normalized spacial score (nSPS) is 12.1. The van der Waals surface area contributed by atoms with E-state index >= 15 is 0 Å². The number of hydrogen-bond donors (Lipinski definition) is 1. The molecule has 2 aromatic carbocycles. The minimum Gasteiger partial charge on any atom is -0.480 e. The zero-order chi connectivity index (χ0) is 23.3. The van der Waals surface area contributed by atoms with Gasteiger partial charge in [-0.3, -0.25) is 4.79 Å². The van der Waals surface area contributed by atoms with Crippen LogP contribution in [0.25, 0.3) is 0 Å². The van der Waals surface area contributed by atoms with Gasteiger partial charge in [0.2, 0.25) is 5.91 Å². The average Bonchev–Trinajstić information content (AvgIpc) is 3.12. The Bertz CT molecular complexity index is 1090. The van der Waals surface area contributed by atoms with Gasteiger partial charge in [0.25, 0.3) is 0 Å². The van der Waals surface area contributed by atoms with Crippen molar-refractivity contribution in [1.82, 2.24) is 14.8 Å². The standard InChI is InChI=1S/C22H23BrF2N4O2S/c1-13(2)11-29-21(14(3)31-19-7-5-4-6-17(19)25)27-28-22(29)32-12-20(30)26-18-9-8-15(24)10-16(18)23/h4-10,13-14H,11-12H2,1-3H3,(H,26,30). The highest BCUT2D eigenvalue weighted by Crippen LogP contribution is 2.28. The molecular weight excluding hydrogens is 502 g/mol. The minimum atomic E-state index is -0.545. The molecule has 32 heavy (non-hydrogen) atoms. The predicted molar refractivity (Wildman–Crippen MR) is 124 cm³/mol. The molecule has 0 aliphatic carbocycles. The SMILES string of the molecule is CC(C)Cn1c(SCC(=O)Nc2ccc(F)cc2Br)nnc1C(C)Oc1ccccc1F. The Kier molecular flexibility index (Phi) is 8.25. The van der Waals surface area contributed by atoms with Crippen molar-refractivity contribution < 1.29 is 18.3 Å². The van der Waals surface area contributed by atoms with Gasteiger partial charge in [-0.25, -0.2) is 8.78 Å². The average molecular weight is 525 g/mol. The maximum Gasteiger partial charge on any atom is 0.234 e. The van der Waals surface area contributed by atoms with Crippen molar-refractivity contribution in [2.75, 3.05) is 11.1 Å². The molecule has 0 aliphatic rings. The number of para-hydroxylation sites is 1. The summed E-state index contributed by atoms with van der Waals surface area (Å²) >= 11 is 4.46. The fraction of sp³-hybridized carbons (Fsp3) is 0.318. The van der Waals surface area contributed by atoms with E-state index in [4.69, 9.17) is 4.74 Å². The number of nitrogens with zero attached hydrogens (tertiary/aromatic N) is 3. The summed E-state index contributed by atoms with van der Waals surface area (Å²) in [7, 11) is 0. The number of ether oxygens (including phenoxy) is 1. The van der Waals surface area contributed by atoms with E-state index in [1.807, 2.05) is 4.57 Å². The van der Waals surface area contributed by atoms with E-state index in [0.29, 0.717) is 27.7 Å². The number of amides is 1. The largest absolute Gasteiger partial charge is 0.480 e. The van der Waals surface area contributed by atoms with Gasteiger partial charge in [-0.15, -0.1) is 10.2 Å². The van der Waals surface area contributed by atoms with Crippen LogP contribution in [0.15, 0.2) is 52.1 Å². The van der Waals surface area contributed by atoms with E-state index in [2.05, 4.69) is 45.3 Å². The summed E-state index contributed by atoms with van der Waals surface area (Å²) in [4.78, 5) is 12.4. The highest BCUT2D eigenvalue weighted by molar-refractivity contribution is 9.10. The van der Waals surface area contributed by atoms with Crippen molar-refractivity contribution in [3.63, 3.8) is 0 Å². The number of benzene rings is 2. The summed E-state index contributed by atoms with van der Waals surface area (Å²) in [5.41, 5.74) is 0.480. The van der Waals surface area contributed by atoms with Crippen molar-refractivity contribution in [1.29, 1.82) is 0 Å². The number of carbonyl (C=O) groups is 1. The van der Waals surface area contributed by atoms with Gasteiger partial charge in [-0.1, -0.05) is 37.7 Å². The third kappa shape index (κ3) is 6.29. The van der Waals surface area contributed by atoms with Gasteiger partial charge in [0.15, 0.2) is 28.7 Å². The summed E-state index contributed by atoms with van der Waals surface area (Å²) in [6.07, 6.45) is -0.545. The van der Waals surface area contributed by atoms with Gasteiger partial charge in [0.1, 0.15) is 5.82 Å². The number of carbonyl (C=O) groups excluding carboxylic acids is 1. The monoisotopic (exact) mass is 524 g/mol. The molecule has 6 nitrogen and oxygen atoms in total. The van der Waals surface area contributed by atoms with E-state index in [1.165, 1.54) is 36.0 Å². The highest BCUT2D eigenvalue weighted by Gasteiger charge is 2.22. The van der Waals surface area contributed by atoms with Crippen molar-refractivity contribution >= 4 is 39.3 Å². The fourth-order valence-corrected chi connectivity index (χ4v) is 4.14. The first kappa shape index (κ1) is 24.2. The van der Waals surface area contributed by atoms with Crippen LogP contribution in [0.4, 0.5) is 14.5 Å². The maximum absolute atomic E-state index is 14.0. The summed E-state index contributed by atoms with van der Waals surface area (Å²) in [6.45, 7) is 6.50. The van der Waals surface area contributed by atoms with E-state index in [0.717, 1.165) is 0 Å². The molecule has 1 N–H and O–H groups in total. The lowest BCUT2D eigenvalue weighted by molar-refractivity contribution is -0.113. The Morgan fingerprint density at radius 2 is 1.94 bits per heavy atom. The van der Waals surface area contributed by atoms with Crippen LogP contribution in [-0.4, -0.2) is 26.4 Å². The van der Waals surface area contributed by atoms with Crippen LogP contribution in [0.3, 0.4) is 0 Å². The topological polar surface area (TPSA) is 69.0 Å². The Hall–Kier alpha value is -2.46. The van der Waals surface area contributed by atoms with Crippen LogP contribution in [-0.2, 0) is 11.3 Å². The quantitative estimate of drug-likeness (QED) is 0.356. The van der Waals surface area contributed by atoms with Crippen molar-refractivity contribution in [2.45, 2.75) is 38.6 Å². The molecule has 1 amide bonds. The predicted octanol–water partition coefficient (Wildman–Crippen LogP) is 5.85. The van der Waals surface area contributed by atoms with Gasteiger partial charge in [-0.05, 0) is 59.1 Å². The zero-order valence-corrected chi connectivity index (χ0v) is 20.2. The van der Waals surface area contributed by atoms with Crippen LogP contribution in [0.5, 0.6) is 5.75 Å². The molecule has 3 rings (SSSR count). The molecular formula is C22H23BrF2N4O2S. The Balaban J connectivity index is 1.71. The smallest absolute Gasteiger partial charge is 0.234 e. The van der Waals surface area contributed by atoms with Gasteiger partial charge >= 0.3 is 0 Å². The lowest BCUT2D eigenvalue weighted by Gasteiger charge is -2.18. The molecule has 0 saturated heterocycles. The first-order valence-corrected chi connectivity index (χ1v) is 11.7. The molecule has 0 bridgehead atoms. The molecule has 1 unspecified atom stereocenters. The third-order valence-corrected chi connectivity index (χ3v) is 5.96. The highest BCUT2D eigenvalue weighted by atomic mass is 79.9. The van der Waals surface area contributed by atoms with Gasteiger partial charge in [0.05, 0.1) is 11.4 Å². The number of halogens is 3. The van der Waals surface area contributed by atoms with Crippen LogP contribution in [0.2, 0.25) is 0 Å². The Morgan fingerprint density at radius 1 is 1.19 bits per heavy atom. The molecule has 0 radical (unpaired) electrons. The first-order chi connectivity index (χ1) is 15.2. The molecule has 1 heterocycles. The molecule has 1 aromatic heterocycles. The maximum atomic E-state index is 14.0. The second-order valence-corrected chi connectivity index (χ2v) is 9.29. The number of rotatable bonds is 9. The number of hydrogen-bond acceptors (Lipinski definition) is 5. The van der Waals surface area contributed by atoms with Crippen LogP contribution >= 0.6 is 27.7 Å². The molecule has 170 valence electrons. The summed E-state index contributed by atoms with van der Waals surface area (Å²) in [5, 5.41) is 11.8. The van der Waals surface area contributed by atoms with E-state index in [1.54, 1.807) is 25.1 Å². The zero-order valence-electron chi connectivity index (χ0n) is 17.8. The molecule has 0 saturated carbocycles.